The van der Waals surface area contributed by atoms with Gasteiger partial charge in [-0.15, -0.1) is 11.3 Å². The lowest BCUT2D eigenvalue weighted by Crippen LogP contribution is -2.34. The number of aryl methyl sites for hydroxylation is 1. The molecule has 1 amide bonds. The van der Waals surface area contributed by atoms with E-state index in [2.05, 4.69) is 29.1 Å². The minimum absolute atomic E-state index is 0.0391. The van der Waals surface area contributed by atoms with Crippen molar-refractivity contribution in [1.82, 2.24) is 15.3 Å². The molecule has 5 nitrogen and oxygen atoms in total. The van der Waals surface area contributed by atoms with E-state index in [0.717, 1.165) is 4.88 Å². The molecule has 0 fully saturated rings. The van der Waals surface area contributed by atoms with E-state index in [0.29, 0.717) is 16.4 Å². The summed E-state index contributed by atoms with van der Waals surface area (Å²) in [7, 11) is 0. The zero-order valence-electron chi connectivity index (χ0n) is 13.7. The third kappa shape index (κ3) is 4.45. The van der Waals surface area contributed by atoms with Crippen molar-refractivity contribution in [2.75, 3.05) is 6.26 Å². The second-order valence-corrected chi connectivity index (χ2v) is 7.39. The van der Waals surface area contributed by atoms with Gasteiger partial charge in [-0.3, -0.25) is 9.59 Å². The number of hydrogen-bond acceptors (Lipinski definition) is 5. The van der Waals surface area contributed by atoms with Crippen LogP contribution in [0, 0.1) is 12.8 Å². The summed E-state index contributed by atoms with van der Waals surface area (Å²) in [6.07, 6.45) is 1.88. The SMILES string of the molecule is CSc1nc(C)c(CC(=O)N[C@H](c2cccs2)C(C)C)c(=O)[nH]1. The van der Waals surface area contributed by atoms with Crippen LogP contribution in [0.2, 0.25) is 0 Å². The van der Waals surface area contributed by atoms with Gasteiger partial charge in [-0.1, -0.05) is 31.7 Å². The number of amides is 1. The summed E-state index contributed by atoms with van der Waals surface area (Å²) < 4.78 is 0. The highest BCUT2D eigenvalue weighted by Gasteiger charge is 2.20. The van der Waals surface area contributed by atoms with Gasteiger partial charge in [0.05, 0.1) is 12.5 Å². The normalized spacial score (nSPS) is 12.4. The van der Waals surface area contributed by atoms with Crippen molar-refractivity contribution < 1.29 is 4.79 Å². The molecular weight excluding hydrogens is 330 g/mol. The molecule has 2 aromatic heterocycles. The maximum Gasteiger partial charge on any atom is 0.255 e. The quantitative estimate of drug-likeness (QED) is 0.620. The number of nitrogens with zero attached hydrogens (tertiary/aromatic N) is 1. The van der Waals surface area contributed by atoms with E-state index >= 15 is 0 Å². The molecule has 0 spiro atoms. The summed E-state index contributed by atoms with van der Waals surface area (Å²) in [5.41, 5.74) is 0.786. The first-order chi connectivity index (χ1) is 10.9. The number of H-pyrrole nitrogens is 1. The van der Waals surface area contributed by atoms with Crippen molar-refractivity contribution in [3.8, 4) is 0 Å². The van der Waals surface area contributed by atoms with Crippen LogP contribution in [0.25, 0.3) is 0 Å². The van der Waals surface area contributed by atoms with Crippen molar-refractivity contribution in [1.29, 1.82) is 0 Å². The Kier molecular flexibility index (Phi) is 6.01. The second kappa shape index (κ2) is 7.79. The van der Waals surface area contributed by atoms with Gasteiger partial charge >= 0.3 is 0 Å². The standard InChI is InChI=1S/C16H21N3O2S2/c1-9(2)14(12-6-5-7-23-12)18-13(20)8-11-10(3)17-16(22-4)19-15(11)21/h5-7,9,14H,8H2,1-4H3,(H,18,20)(H,17,19,21)/t14-/m0/s1. The van der Waals surface area contributed by atoms with Crippen LogP contribution < -0.4 is 10.9 Å². The second-order valence-electron chi connectivity index (χ2n) is 5.62. The maximum absolute atomic E-state index is 12.4. The third-order valence-corrected chi connectivity index (χ3v) is 5.10. The molecule has 0 aromatic carbocycles. The van der Waals surface area contributed by atoms with Gasteiger partial charge in [0.25, 0.3) is 5.56 Å². The highest BCUT2D eigenvalue weighted by molar-refractivity contribution is 7.98. The summed E-state index contributed by atoms with van der Waals surface area (Å²) in [5, 5.41) is 5.60. The minimum atomic E-state index is -0.241. The lowest BCUT2D eigenvalue weighted by molar-refractivity contribution is -0.121. The fourth-order valence-corrected chi connectivity index (χ4v) is 3.68. The first-order valence-corrected chi connectivity index (χ1v) is 9.49. The topological polar surface area (TPSA) is 74.8 Å². The maximum atomic E-state index is 12.4. The number of thioether (sulfide) groups is 1. The van der Waals surface area contributed by atoms with Gasteiger partial charge in [0, 0.05) is 16.1 Å². The van der Waals surface area contributed by atoms with Crippen LogP contribution in [-0.2, 0) is 11.2 Å². The van der Waals surface area contributed by atoms with E-state index in [1.54, 1.807) is 18.3 Å². The molecule has 0 bridgehead atoms. The molecule has 0 aliphatic rings. The van der Waals surface area contributed by atoms with Crippen LogP contribution >= 0.6 is 23.1 Å². The van der Waals surface area contributed by atoms with E-state index < -0.39 is 0 Å². The van der Waals surface area contributed by atoms with Gasteiger partial charge in [0.1, 0.15) is 0 Å². The first kappa shape index (κ1) is 17.7. The molecule has 0 aliphatic heterocycles. The molecule has 7 heteroatoms. The van der Waals surface area contributed by atoms with Crippen molar-refractivity contribution in [3.05, 3.63) is 44.0 Å². The highest BCUT2D eigenvalue weighted by atomic mass is 32.2. The Labute approximate surface area is 143 Å². The van der Waals surface area contributed by atoms with E-state index in [1.165, 1.54) is 11.8 Å². The fraction of sp³-hybridized carbons (Fsp3) is 0.438. The zero-order chi connectivity index (χ0) is 17.0. The summed E-state index contributed by atoms with van der Waals surface area (Å²) in [5.74, 6) is 0.110. The Balaban J connectivity index is 2.15. The number of carbonyl (C=O) groups excluding carboxylic acids is 1. The predicted molar refractivity (Wildman–Crippen MR) is 95.1 cm³/mol. The van der Waals surface area contributed by atoms with Crippen molar-refractivity contribution in [2.45, 2.75) is 38.4 Å². The lowest BCUT2D eigenvalue weighted by Gasteiger charge is -2.21. The molecule has 1 atom stereocenters. The number of thiophene rings is 1. The van der Waals surface area contributed by atoms with Gasteiger partial charge in [-0.2, -0.15) is 0 Å². The average molecular weight is 351 g/mol. The van der Waals surface area contributed by atoms with Crippen LogP contribution in [-0.4, -0.2) is 22.1 Å². The predicted octanol–water partition coefficient (Wildman–Crippen LogP) is 2.92. The number of rotatable bonds is 6. The molecule has 0 aliphatic carbocycles. The number of hydrogen-bond donors (Lipinski definition) is 2. The van der Waals surface area contributed by atoms with Crippen LogP contribution in [0.1, 0.15) is 36.0 Å². The molecule has 2 rings (SSSR count). The summed E-state index contributed by atoms with van der Waals surface area (Å²) in [6.45, 7) is 5.89. The highest BCUT2D eigenvalue weighted by Crippen LogP contribution is 2.25. The Bertz CT molecular complexity index is 723. The Morgan fingerprint density at radius 3 is 2.74 bits per heavy atom. The Morgan fingerprint density at radius 2 is 2.22 bits per heavy atom. The lowest BCUT2D eigenvalue weighted by atomic mass is 10.0. The molecule has 23 heavy (non-hydrogen) atoms. The van der Waals surface area contributed by atoms with Gasteiger partial charge in [-0.05, 0) is 30.5 Å². The molecule has 0 saturated heterocycles. The van der Waals surface area contributed by atoms with E-state index in [1.807, 2.05) is 23.8 Å². The van der Waals surface area contributed by atoms with Gasteiger partial charge in [0.15, 0.2) is 5.16 Å². The van der Waals surface area contributed by atoms with Crippen molar-refractivity contribution in [3.63, 3.8) is 0 Å². The number of aromatic nitrogens is 2. The van der Waals surface area contributed by atoms with Crippen LogP contribution in [0.5, 0.6) is 0 Å². The number of nitrogens with one attached hydrogen (secondary N) is 2. The summed E-state index contributed by atoms with van der Waals surface area (Å²) >= 11 is 2.99. The summed E-state index contributed by atoms with van der Waals surface area (Å²) in [4.78, 5) is 32.6. The Morgan fingerprint density at radius 1 is 1.48 bits per heavy atom. The molecule has 0 unspecified atom stereocenters. The van der Waals surface area contributed by atoms with Crippen LogP contribution in [0.3, 0.4) is 0 Å². The number of carbonyl (C=O) groups is 1. The Hall–Kier alpha value is -1.60. The summed E-state index contributed by atoms with van der Waals surface area (Å²) in [6, 6.07) is 3.95. The molecule has 2 heterocycles. The van der Waals surface area contributed by atoms with Gasteiger partial charge in [0.2, 0.25) is 5.91 Å². The molecule has 2 aromatic rings. The van der Waals surface area contributed by atoms with Crippen molar-refractivity contribution >= 4 is 29.0 Å². The average Bonchev–Trinajstić information content (AvgIpc) is 3.01. The fourth-order valence-electron chi connectivity index (χ4n) is 2.31. The van der Waals surface area contributed by atoms with Crippen LogP contribution in [0.15, 0.2) is 27.5 Å². The molecular formula is C16H21N3O2S2. The monoisotopic (exact) mass is 351 g/mol. The smallest absolute Gasteiger partial charge is 0.255 e. The van der Waals surface area contributed by atoms with Gasteiger partial charge < -0.3 is 10.3 Å². The van der Waals surface area contributed by atoms with E-state index in [4.69, 9.17) is 0 Å². The minimum Gasteiger partial charge on any atom is -0.348 e. The molecule has 0 radical (unpaired) electrons. The molecule has 0 saturated carbocycles. The third-order valence-electron chi connectivity index (χ3n) is 3.56. The largest absolute Gasteiger partial charge is 0.348 e. The van der Waals surface area contributed by atoms with Crippen molar-refractivity contribution in [2.24, 2.45) is 5.92 Å². The first-order valence-electron chi connectivity index (χ1n) is 7.39. The van der Waals surface area contributed by atoms with Gasteiger partial charge in [-0.25, -0.2) is 4.98 Å². The van der Waals surface area contributed by atoms with Crippen LogP contribution in [0.4, 0.5) is 0 Å². The molecule has 124 valence electrons. The number of aromatic amines is 1. The molecule has 2 N–H and O–H groups in total. The zero-order valence-corrected chi connectivity index (χ0v) is 15.3. The van der Waals surface area contributed by atoms with E-state index in [9.17, 15) is 9.59 Å². The van der Waals surface area contributed by atoms with E-state index in [-0.39, 0.29) is 29.8 Å².